The number of hydrogen-bond donors (Lipinski definition) is 1. The summed E-state index contributed by atoms with van der Waals surface area (Å²) in [6.45, 7) is 10.9. The van der Waals surface area contributed by atoms with Gasteiger partial charge in [-0.05, 0) is 58.3 Å². The van der Waals surface area contributed by atoms with Crippen molar-refractivity contribution >= 4 is 6.03 Å². The van der Waals surface area contributed by atoms with E-state index < -0.39 is 18.4 Å². The molecule has 4 fully saturated rings. The Bertz CT molecular complexity index is 876. The first-order chi connectivity index (χ1) is 16.8. The molecule has 4 aliphatic rings. The fourth-order valence-electron chi connectivity index (χ4n) is 6.11. The standard InChI is InChI=1S/C25H40F2N6O2/c1-15(2)31-9-11-32(12-10-31)20-6-4-5-18(26)22(20)28-25(34)33-8-7-16(3)13-21(33)23-29-24(35-30-23)17-14-19(17)27/h15-22H,4-14H2,1-3H3,(H,28,34)/t16?,17-,18+,19+,20+,21?,22+/m1/s1. The maximum atomic E-state index is 15.3. The summed E-state index contributed by atoms with van der Waals surface area (Å²) in [6, 6.07) is -0.618. The average Bonchev–Trinajstić information content (AvgIpc) is 3.37. The quantitative estimate of drug-likeness (QED) is 0.673. The van der Waals surface area contributed by atoms with Gasteiger partial charge in [-0.1, -0.05) is 12.1 Å². The van der Waals surface area contributed by atoms with Gasteiger partial charge >= 0.3 is 6.03 Å². The number of piperidine rings is 1. The zero-order chi connectivity index (χ0) is 24.7. The summed E-state index contributed by atoms with van der Waals surface area (Å²) in [7, 11) is 0. The summed E-state index contributed by atoms with van der Waals surface area (Å²) >= 11 is 0. The number of nitrogens with one attached hydrogen (secondary N) is 1. The van der Waals surface area contributed by atoms with E-state index in [2.05, 4.69) is 46.0 Å². The number of alkyl halides is 2. The number of likely N-dealkylation sites (tertiary alicyclic amines) is 1. The first kappa shape index (κ1) is 24.9. The van der Waals surface area contributed by atoms with Crippen LogP contribution in [0.15, 0.2) is 4.52 Å². The molecule has 0 aromatic carbocycles. The Balaban J connectivity index is 1.28. The summed E-state index contributed by atoms with van der Waals surface area (Å²) in [5.74, 6) is 0.839. The average molecular weight is 495 g/mol. The molecule has 3 heterocycles. The third kappa shape index (κ3) is 5.33. The summed E-state index contributed by atoms with van der Waals surface area (Å²) < 4.78 is 34.1. The summed E-state index contributed by atoms with van der Waals surface area (Å²) in [6.07, 6.45) is 2.24. The van der Waals surface area contributed by atoms with Crippen LogP contribution in [0.3, 0.4) is 0 Å². The SMILES string of the molecule is CC1CCN(C(=O)N[C@H]2[C@@H](F)CCC[C@@H]2N2CCN(C(C)C)CC2)C(c2noc([C@@H]3C[C@@H]3F)n2)C1. The third-order valence-corrected chi connectivity index (χ3v) is 8.53. The van der Waals surface area contributed by atoms with Gasteiger partial charge in [0.2, 0.25) is 5.89 Å². The lowest BCUT2D eigenvalue weighted by atomic mass is 9.87. The molecule has 5 rings (SSSR count). The second-order valence-corrected chi connectivity index (χ2v) is 11.3. The summed E-state index contributed by atoms with van der Waals surface area (Å²) in [5, 5.41) is 7.21. The maximum absolute atomic E-state index is 15.3. The van der Waals surface area contributed by atoms with Crippen LogP contribution in [-0.4, -0.2) is 94.1 Å². The topological polar surface area (TPSA) is 77.7 Å². The van der Waals surface area contributed by atoms with E-state index in [-0.39, 0.29) is 24.0 Å². The lowest BCUT2D eigenvalue weighted by molar-refractivity contribution is 0.0251. The number of amides is 2. The van der Waals surface area contributed by atoms with Crippen LogP contribution in [0.5, 0.6) is 0 Å². The number of urea groups is 1. The molecular formula is C25H40F2N6O2. The van der Waals surface area contributed by atoms with Gasteiger partial charge in [-0.25, -0.2) is 13.6 Å². The van der Waals surface area contributed by atoms with E-state index in [1.807, 2.05) is 0 Å². The predicted octanol–water partition coefficient (Wildman–Crippen LogP) is 3.66. The second kappa shape index (κ2) is 10.3. The zero-order valence-corrected chi connectivity index (χ0v) is 21.2. The van der Waals surface area contributed by atoms with E-state index in [1.54, 1.807) is 4.90 Å². The molecule has 2 aliphatic heterocycles. The second-order valence-electron chi connectivity index (χ2n) is 11.3. The van der Waals surface area contributed by atoms with Crippen LogP contribution < -0.4 is 5.32 Å². The summed E-state index contributed by atoms with van der Waals surface area (Å²) in [4.78, 5) is 24.6. The molecule has 1 aromatic heterocycles. The van der Waals surface area contributed by atoms with Gasteiger partial charge in [0.05, 0.1) is 18.0 Å². The van der Waals surface area contributed by atoms with Gasteiger partial charge in [-0.15, -0.1) is 0 Å². The number of piperazine rings is 1. The Morgan fingerprint density at radius 1 is 1.06 bits per heavy atom. The molecule has 0 spiro atoms. The van der Waals surface area contributed by atoms with Crippen molar-refractivity contribution in [1.82, 2.24) is 30.2 Å². The van der Waals surface area contributed by atoms with Crippen molar-refractivity contribution in [2.24, 2.45) is 5.92 Å². The monoisotopic (exact) mass is 494 g/mol. The van der Waals surface area contributed by atoms with Crippen LogP contribution in [0, 0.1) is 5.92 Å². The van der Waals surface area contributed by atoms with Gasteiger partial charge in [0.25, 0.3) is 0 Å². The van der Waals surface area contributed by atoms with Crippen LogP contribution in [0.25, 0.3) is 0 Å². The van der Waals surface area contributed by atoms with Crippen molar-refractivity contribution in [3.05, 3.63) is 11.7 Å². The van der Waals surface area contributed by atoms with Crippen molar-refractivity contribution in [3.8, 4) is 0 Å². The third-order valence-electron chi connectivity index (χ3n) is 8.53. The number of nitrogens with zero attached hydrogens (tertiary/aromatic N) is 5. The van der Waals surface area contributed by atoms with E-state index in [9.17, 15) is 9.18 Å². The maximum Gasteiger partial charge on any atom is 0.318 e. The Morgan fingerprint density at radius 3 is 2.49 bits per heavy atom. The largest absolute Gasteiger partial charge is 0.339 e. The van der Waals surface area contributed by atoms with Gasteiger partial charge in [0, 0.05) is 44.8 Å². The van der Waals surface area contributed by atoms with Crippen LogP contribution >= 0.6 is 0 Å². The lowest BCUT2D eigenvalue weighted by Gasteiger charge is -2.46. The smallest absolute Gasteiger partial charge is 0.318 e. The van der Waals surface area contributed by atoms with Gasteiger partial charge in [0.15, 0.2) is 5.82 Å². The lowest BCUT2D eigenvalue weighted by Crippen LogP contribution is -2.63. The minimum Gasteiger partial charge on any atom is -0.339 e. The van der Waals surface area contributed by atoms with Gasteiger partial charge < -0.3 is 14.7 Å². The molecule has 0 bridgehead atoms. The molecule has 1 N–H and O–H groups in total. The molecule has 196 valence electrons. The number of halogens is 2. The van der Waals surface area contributed by atoms with E-state index in [0.29, 0.717) is 49.5 Å². The Kier molecular flexibility index (Phi) is 7.30. The van der Waals surface area contributed by atoms with Gasteiger partial charge in [-0.2, -0.15) is 4.98 Å². The number of aromatic nitrogens is 2. The molecular weight excluding hydrogens is 454 g/mol. The molecule has 35 heavy (non-hydrogen) atoms. The zero-order valence-electron chi connectivity index (χ0n) is 21.2. The van der Waals surface area contributed by atoms with Crippen molar-refractivity contribution < 1.29 is 18.1 Å². The molecule has 1 aromatic rings. The number of rotatable bonds is 5. The highest BCUT2D eigenvalue weighted by atomic mass is 19.1. The molecule has 2 saturated carbocycles. The Morgan fingerprint density at radius 2 is 1.80 bits per heavy atom. The van der Waals surface area contributed by atoms with Crippen LogP contribution in [0.4, 0.5) is 13.6 Å². The van der Waals surface area contributed by atoms with Gasteiger partial charge in [-0.3, -0.25) is 9.80 Å². The molecule has 10 heteroatoms. The first-order valence-electron chi connectivity index (χ1n) is 13.5. The predicted molar refractivity (Wildman–Crippen MR) is 128 cm³/mol. The minimum absolute atomic E-state index is 0.00677. The normalized spacial score (nSPS) is 37.0. The number of hydrogen-bond acceptors (Lipinski definition) is 6. The van der Waals surface area contributed by atoms with E-state index in [4.69, 9.17) is 4.52 Å². The molecule has 7 atom stereocenters. The van der Waals surface area contributed by atoms with Crippen LogP contribution in [0.2, 0.25) is 0 Å². The van der Waals surface area contributed by atoms with E-state index in [1.165, 1.54) is 0 Å². The highest BCUT2D eigenvalue weighted by Crippen LogP contribution is 2.43. The Hall–Kier alpha value is -1.81. The molecule has 8 nitrogen and oxygen atoms in total. The number of carbonyl (C=O) groups excluding carboxylic acids is 1. The van der Waals surface area contributed by atoms with Crippen LogP contribution in [0.1, 0.15) is 83.0 Å². The fourth-order valence-corrected chi connectivity index (χ4v) is 6.11. The fraction of sp³-hybridized carbons (Fsp3) is 0.880. The summed E-state index contributed by atoms with van der Waals surface area (Å²) in [5.41, 5.74) is 0. The number of carbonyl (C=O) groups is 1. The minimum atomic E-state index is -1.06. The van der Waals surface area contributed by atoms with E-state index >= 15 is 4.39 Å². The van der Waals surface area contributed by atoms with Crippen LogP contribution in [-0.2, 0) is 0 Å². The van der Waals surface area contributed by atoms with Crippen molar-refractivity contribution in [1.29, 1.82) is 0 Å². The highest BCUT2D eigenvalue weighted by Gasteiger charge is 2.45. The van der Waals surface area contributed by atoms with Crippen molar-refractivity contribution in [3.63, 3.8) is 0 Å². The van der Waals surface area contributed by atoms with Crippen molar-refractivity contribution in [2.45, 2.75) is 102 Å². The van der Waals surface area contributed by atoms with Crippen molar-refractivity contribution in [2.75, 3.05) is 32.7 Å². The molecule has 2 aliphatic carbocycles. The van der Waals surface area contributed by atoms with Gasteiger partial charge in [0.1, 0.15) is 12.3 Å². The van der Waals surface area contributed by atoms with E-state index in [0.717, 1.165) is 45.4 Å². The molecule has 2 amide bonds. The molecule has 0 radical (unpaired) electrons. The molecule has 2 saturated heterocycles. The Labute approximate surface area is 206 Å². The highest BCUT2D eigenvalue weighted by molar-refractivity contribution is 5.75. The first-order valence-corrected chi connectivity index (χ1v) is 13.5. The molecule has 2 unspecified atom stereocenters.